The van der Waals surface area contributed by atoms with Crippen LogP contribution in [0.5, 0.6) is 0 Å². The average Bonchev–Trinajstić information content (AvgIpc) is 3.06. The van der Waals surface area contributed by atoms with E-state index in [1.807, 2.05) is 40.1 Å². The largest absolute Gasteiger partial charge is 0.417 e. The van der Waals surface area contributed by atoms with E-state index in [0.29, 0.717) is 37.3 Å². The van der Waals surface area contributed by atoms with Crippen molar-refractivity contribution in [3.8, 4) is 11.5 Å². The molecule has 3 aromatic rings. The Morgan fingerprint density at radius 2 is 1.64 bits per heavy atom. The Hall–Kier alpha value is -3.10. The molecule has 9 heteroatoms. The van der Waals surface area contributed by atoms with E-state index in [-0.39, 0.29) is 0 Å². The monoisotopic (exact) mass is 389 g/mol. The van der Waals surface area contributed by atoms with Crippen molar-refractivity contribution in [2.45, 2.75) is 12.6 Å². The predicted octanol–water partition coefficient (Wildman–Crippen LogP) is 3.87. The lowest BCUT2D eigenvalue weighted by Gasteiger charge is -2.22. The van der Waals surface area contributed by atoms with Gasteiger partial charge in [-0.2, -0.15) is 18.2 Å². The van der Waals surface area contributed by atoms with Gasteiger partial charge in [0.2, 0.25) is 0 Å². The summed E-state index contributed by atoms with van der Waals surface area (Å²) in [5.41, 5.74) is 0.111. The zero-order chi connectivity index (χ0) is 19.6. The van der Waals surface area contributed by atoms with Crippen molar-refractivity contribution in [2.24, 2.45) is 0 Å². The van der Waals surface area contributed by atoms with Gasteiger partial charge in [0.05, 0.1) is 5.56 Å². The molecule has 1 aromatic carbocycles. The molecular weight excluding hydrogens is 371 g/mol. The zero-order valence-corrected chi connectivity index (χ0v) is 14.9. The molecule has 1 fully saturated rings. The third-order valence-electron chi connectivity index (χ3n) is 4.61. The van der Waals surface area contributed by atoms with Gasteiger partial charge in [-0.15, -0.1) is 0 Å². The highest BCUT2D eigenvalue weighted by Crippen LogP contribution is 2.29. The summed E-state index contributed by atoms with van der Waals surface area (Å²) in [6, 6.07) is 12.0. The van der Waals surface area contributed by atoms with Crippen molar-refractivity contribution >= 4 is 11.8 Å². The Labute approximate surface area is 159 Å². The molecule has 0 saturated carbocycles. The van der Waals surface area contributed by atoms with Gasteiger partial charge in [-0.3, -0.25) is 0 Å². The molecule has 0 amide bonds. The zero-order valence-electron chi connectivity index (χ0n) is 14.9. The molecule has 0 atom stereocenters. The highest BCUT2D eigenvalue weighted by molar-refractivity contribution is 5.54. The molecular formula is C19H18F3N5O. The summed E-state index contributed by atoms with van der Waals surface area (Å²) >= 11 is 0. The second-order valence-corrected chi connectivity index (χ2v) is 6.50. The van der Waals surface area contributed by atoms with Gasteiger partial charge >= 0.3 is 6.18 Å². The molecule has 4 rings (SSSR count). The van der Waals surface area contributed by atoms with Crippen molar-refractivity contribution in [3.05, 3.63) is 54.2 Å². The van der Waals surface area contributed by atoms with E-state index in [1.54, 1.807) is 0 Å². The smallest absolute Gasteiger partial charge is 0.355 e. The number of rotatable bonds is 3. The number of hydrogen-bond donors (Lipinski definition) is 0. The molecule has 0 N–H and O–H groups in total. The van der Waals surface area contributed by atoms with E-state index in [1.165, 1.54) is 6.07 Å². The summed E-state index contributed by atoms with van der Waals surface area (Å²) in [6.45, 7) is 2.65. The first-order valence-electron chi connectivity index (χ1n) is 8.93. The van der Waals surface area contributed by atoms with E-state index in [0.717, 1.165) is 30.8 Å². The molecule has 0 aliphatic carbocycles. The molecule has 146 valence electrons. The van der Waals surface area contributed by atoms with Crippen LogP contribution in [0.25, 0.3) is 11.5 Å². The lowest BCUT2D eigenvalue weighted by molar-refractivity contribution is -0.137. The Kier molecular flexibility index (Phi) is 4.89. The quantitative estimate of drug-likeness (QED) is 0.678. The van der Waals surface area contributed by atoms with Gasteiger partial charge in [-0.05, 0) is 35.8 Å². The van der Waals surface area contributed by atoms with Crippen molar-refractivity contribution in [1.29, 1.82) is 0 Å². The van der Waals surface area contributed by atoms with Gasteiger partial charge in [-0.25, -0.2) is 4.98 Å². The van der Waals surface area contributed by atoms with Crippen LogP contribution in [0.15, 0.2) is 53.2 Å². The number of pyridine rings is 1. The summed E-state index contributed by atoms with van der Waals surface area (Å²) in [5.74, 6) is 1.51. The van der Waals surface area contributed by atoms with Gasteiger partial charge in [-0.1, -0.05) is 18.2 Å². The molecule has 2 aromatic heterocycles. The minimum Gasteiger partial charge on any atom is -0.355 e. The predicted molar refractivity (Wildman–Crippen MR) is 98.0 cm³/mol. The highest BCUT2D eigenvalue weighted by Gasteiger charge is 2.31. The third kappa shape index (κ3) is 3.92. The topological polar surface area (TPSA) is 58.3 Å². The number of alkyl halides is 3. The van der Waals surface area contributed by atoms with Crippen molar-refractivity contribution in [2.75, 3.05) is 36.0 Å². The SMILES string of the molecule is FC(F)(F)c1ccc(N2CCCN(c3noc(-c4ccccc4)n3)CC2)nc1. The average molecular weight is 389 g/mol. The van der Waals surface area contributed by atoms with Gasteiger partial charge in [0.15, 0.2) is 0 Å². The van der Waals surface area contributed by atoms with Crippen LogP contribution in [0.2, 0.25) is 0 Å². The maximum Gasteiger partial charge on any atom is 0.417 e. The summed E-state index contributed by atoms with van der Waals surface area (Å²) < 4.78 is 43.5. The van der Waals surface area contributed by atoms with Gasteiger partial charge < -0.3 is 14.3 Å². The molecule has 0 bridgehead atoms. The first kappa shape index (κ1) is 18.3. The van der Waals surface area contributed by atoms with E-state index in [4.69, 9.17) is 4.52 Å². The van der Waals surface area contributed by atoms with Gasteiger partial charge in [0.1, 0.15) is 5.82 Å². The Balaban J connectivity index is 1.43. The highest BCUT2D eigenvalue weighted by atomic mass is 19.4. The standard InChI is InChI=1S/C19H18F3N5O/c20-19(21,22)15-7-8-16(23-13-15)26-9-4-10-27(12-11-26)18-24-17(28-25-18)14-5-2-1-3-6-14/h1-3,5-8,13H,4,9-12H2. The van der Waals surface area contributed by atoms with Crippen LogP contribution in [0, 0.1) is 0 Å². The summed E-state index contributed by atoms with van der Waals surface area (Å²) in [5, 5.41) is 4.07. The first-order valence-corrected chi connectivity index (χ1v) is 8.93. The third-order valence-corrected chi connectivity index (χ3v) is 4.61. The minimum absolute atomic E-state index is 0.459. The number of anilines is 2. The second-order valence-electron chi connectivity index (χ2n) is 6.50. The van der Waals surface area contributed by atoms with Gasteiger partial charge in [0, 0.05) is 37.9 Å². The van der Waals surface area contributed by atoms with Crippen LogP contribution in [-0.4, -0.2) is 41.3 Å². The second kappa shape index (κ2) is 7.49. The van der Waals surface area contributed by atoms with Crippen LogP contribution in [-0.2, 0) is 6.18 Å². The van der Waals surface area contributed by atoms with Crippen molar-refractivity contribution < 1.29 is 17.7 Å². The van der Waals surface area contributed by atoms with E-state index in [9.17, 15) is 13.2 Å². The first-order chi connectivity index (χ1) is 13.5. The van der Waals surface area contributed by atoms with E-state index < -0.39 is 11.7 Å². The molecule has 3 heterocycles. The molecule has 0 unspecified atom stereocenters. The number of nitrogens with zero attached hydrogens (tertiary/aromatic N) is 5. The molecule has 6 nitrogen and oxygen atoms in total. The number of benzene rings is 1. The van der Waals surface area contributed by atoms with Crippen LogP contribution in [0.3, 0.4) is 0 Å². The maximum atomic E-state index is 12.7. The summed E-state index contributed by atoms with van der Waals surface area (Å²) in [4.78, 5) is 12.4. The Morgan fingerprint density at radius 3 is 2.36 bits per heavy atom. The number of aromatic nitrogens is 3. The molecule has 1 saturated heterocycles. The number of hydrogen-bond acceptors (Lipinski definition) is 6. The molecule has 28 heavy (non-hydrogen) atoms. The lowest BCUT2D eigenvalue weighted by atomic mass is 10.2. The van der Waals surface area contributed by atoms with E-state index >= 15 is 0 Å². The summed E-state index contributed by atoms with van der Waals surface area (Å²) in [7, 11) is 0. The van der Waals surface area contributed by atoms with Gasteiger partial charge in [0.25, 0.3) is 11.8 Å². The Bertz CT molecular complexity index is 911. The summed E-state index contributed by atoms with van der Waals surface area (Å²) in [6.07, 6.45) is -2.70. The molecule has 0 spiro atoms. The van der Waals surface area contributed by atoms with Crippen molar-refractivity contribution in [3.63, 3.8) is 0 Å². The van der Waals surface area contributed by atoms with Crippen LogP contribution < -0.4 is 9.80 Å². The molecule has 1 aliphatic rings. The van der Waals surface area contributed by atoms with Crippen LogP contribution in [0.4, 0.5) is 24.9 Å². The van der Waals surface area contributed by atoms with Crippen LogP contribution in [0.1, 0.15) is 12.0 Å². The fourth-order valence-corrected chi connectivity index (χ4v) is 3.13. The normalized spacial score (nSPS) is 15.5. The number of halogens is 3. The fourth-order valence-electron chi connectivity index (χ4n) is 3.13. The minimum atomic E-state index is -4.38. The lowest BCUT2D eigenvalue weighted by Crippen LogP contribution is -2.31. The molecule has 0 radical (unpaired) electrons. The Morgan fingerprint density at radius 1 is 0.893 bits per heavy atom. The fraction of sp³-hybridized carbons (Fsp3) is 0.316. The maximum absolute atomic E-state index is 12.7. The van der Waals surface area contributed by atoms with E-state index in [2.05, 4.69) is 15.1 Å². The van der Waals surface area contributed by atoms with Crippen LogP contribution >= 0.6 is 0 Å². The molecule has 1 aliphatic heterocycles. The van der Waals surface area contributed by atoms with Crippen molar-refractivity contribution in [1.82, 2.24) is 15.1 Å².